The third kappa shape index (κ3) is 2.28. The second-order valence-electron chi connectivity index (χ2n) is 4.44. The molecule has 4 nitrogen and oxygen atoms in total. The number of rotatable bonds is 3. The summed E-state index contributed by atoms with van der Waals surface area (Å²) in [4.78, 5) is 8.58. The Bertz CT molecular complexity index is 756. The van der Waals surface area contributed by atoms with Gasteiger partial charge in [0.15, 0.2) is 0 Å². The molecule has 1 heterocycles. The summed E-state index contributed by atoms with van der Waals surface area (Å²) in [6.07, 6.45) is 1.76. The normalized spacial score (nSPS) is 10.5. The van der Waals surface area contributed by atoms with Crippen molar-refractivity contribution in [1.82, 2.24) is 9.97 Å². The van der Waals surface area contributed by atoms with Crippen LogP contribution in [0.1, 0.15) is 0 Å². The highest BCUT2D eigenvalue weighted by molar-refractivity contribution is 5.88. The smallest absolute Gasteiger partial charge is 0.222 e. The first kappa shape index (κ1) is 12.4. The van der Waals surface area contributed by atoms with E-state index in [-0.39, 0.29) is 0 Å². The van der Waals surface area contributed by atoms with Gasteiger partial charge in [0.1, 0.15) is 5.75 Å². The Morgan fingerprint density at radius 3 is 2.60 bits per heavy atom. The molecule has 2 aromatic carbocycles. The number of methoxy groups -OCH3 is 1. The molecule has 20 heavy (non-hydrogen) atoms. The van der Waals surface area contributed by atoms with Crippen molar-refractivity contribution in [3.63, 3.8) is 0 Å². The largest absolute Gasteiger partial charge is 0.497 e. The van der Waals surface area contributed by atoms with Crippen LogP contribution in [0.15, 0.2) is 48.7 Å². The monoisotopic (exact) mass is 265 g/mol. The number of fused-ring (bicyclic) bond motifs is 1. The van der Waals surface area contributed by atoms with E-state index in [0.717, 1.165) is 27.8 Å². The molecule has 0 fully saturated rings. The van der Waals surface area contributed by atoms with E-state index >= 15 is 0 Å². The predicted molar refractivity (Wildman–Crippen MR) is 81.1 cm³/mol. The second kappa shape index (κ2) is 5.17. The van der Waals surface area contributed by atoms with E-state index in [4.69, 9.17) is 4.74 Å². The Hall–Kier alpha value is -2.62. The molecule has 3 rings (SSSR count). The van der Waals surface area contributed by atoms with Gasteiger partial charge in [0.2, 0.25) is 5.95 Å². The topological polar surface area (TPSA) is 47.0 Å². The maximum atomic E-state index is 5.24. The molecule has 0 saturated heterocycles. The molecule has 4 heteroatoms. The van der Waals surface area contributed by atoms with E-state index in [2.05, 4.69) is 39.6 Å². The van der Waals surface area contributed by atoms with Gasteiger partial charge in [-0.2, -0.15) is 0 Å². The second-order valence-corrected chi connectivity index (χ2v) is 4.44. The highest BCUT2D eigenvalue weighted by Gasteiger charge is 2.03. The first-order valence-corrected chi connectivity index (χ1v) is 6.39. The standard InChI is InChI=1S/C16H15N3O/c1-17-16-18-8-7-15(19-16)13-4-3-12-10-14(20-2)6-5-11(12)9-13/h3-10H,1-2H3,(H,17,18,19). The minimum Gasteiger partial charge on any atom is -0.497 e. The zero-order valence-electron chi connectivity index (χ0n) is 11.4. The van der Waals surface area contributed by atoms with Crippen LogP contribution in [0.3, 0.4) is 0 Å². The Labute approximate surface area is 117 Å². The summed E-state index contributed by atoms with van der Waals surface area (Å²) in [6, 6.07) is 14.2. The van der Waals surface area contributed by atoms with Gasteiger partial charge in [0.05, 0.1) is 12.8 Å². The van der Waals surface area contributed by atoms with Crippen LogP contribution >= 0.6 is 0 Å². The van der Waals surface area contributed by atoms with Gasteiger partial charge in [0.25, 0.3) is 0 Å². The summed E-state index contributed by atoms with van der Waals surface area (Å²) in [7, 11) is 3.49. The van der Waals surface area contributed by atoms with Crippen molar-refractivity contribution in [1.29, 1.82) is 0 Å². The maximum absolute atomic E-state index is 5.24. The Morgan fingerprint density at radius 2 is 1.80 bits per heavy atom. The van der Waals surface area contributed by atoms with E-state index in [1.165, 1.54) is 0 Å². The lowest BCUT2D eigenvalue weighted by Crippen LogP contribution is -1.96. The fraction of sp³-hybridized carbons (Fsp3) is 0.125. The quantitative estimate of drug-likeness (QED) is 0.789. The molecule has 0 aliphatic carbocycles. The lowest BCUT2D eigenvalue weighted by Gasteiger charge is -2.06. The van der Waals surface area contributed by atoms with E-state index in [1.807, 2.05) is 25.2 Å². The molecule has 0 spiro atoms. The summed E-state index contributed by atoms with van der Waals surface area (Å²) >= 11 is 0. The molecular formula is C16H15N3O. The van der Waals surface area contributed by atoms with Gasteiger partial charge in [-0.05, 0) is 35.0 Å². The summed E-state index contributed by atoms with van der Waals surface area (Å²) < 4.78 is 5.24. The van der Waals surface area contributed by atoms with Crippen molar-refractivity contribution in [2.24, 2.45) is 0 Å². The first-order chi connectivity index (χ1) is 9.80. The van der Waals surface area contributed by atoms with Gasteiger partial charge < -0.3 is 10.1 Å². The average Bonchev–Trinajstić information content (AvgIpc) is 2.54. The number of benzene rings is 2. The van der Waals surface area contributed by atoms with Gasteiger partial charge in [-0.1, -0.05) is 18.2 Å². The third-order valence-corrected chi connectivity index (χ3v) is 3.22. The summed E-state index contributed by atoms with van der Waals surface area (Å²) in [5, 5.41) is 5.26. The fourth-order valence-corrected chi connectivity index (χ4v) is 2.15. The molecule has 0 unspecified atom stereocenters. The Balaban J connectivity index is 2.08. The third-order valence-electron chi connectivity index (χ3n) is 3.22. The Kier molecular flexibility index (Phi) is 3.21. The zero-order chi connectivity index (χ0) is 13.9. The van der Waals surface area contributed by atoms with Crippen LogP contribution in [-0.4, -0.2) is 24.1 Å². The van der Waals surface area contributed by atoms with Crippen LogP contribution in [0, 0.1) is 0 Å². The molecule has 0 amide bonds. The zero-order valence-corrected chi connectivity index (χ0v) is 11.4. The van der Waals surface area contributed by atoms with Gasteiger partial charge in [-0.25, -0.2) is 9.97 Å². The van der Waals surface area contributed by atoms with Crippen molar-refractivity contribution in [2.45, 2.75) is 0 Å². The van der Waals surface area contributed by atoms with E-state index < -0.39 is 0 Å². The summed E-state index contributed by atoms with van der Waals surface area (Å²) in [5.74, 6) is 1.49. The average molecular weight is 265 g/mol. The maximum Gasteiger partial charge on any atom is 0.222 e. The van der Waals surface area contributed by atoms with E-state index in [0.29, 0.717) is 5.95 Å². The molecule has 100 valence electrons. The van der Waals surface area contributed by atoms with Crippen LogP contribution < -0.4 is 10.1 Å². The minimum absolute atomic E-state index is 0.623. The lowest BCUT2D eigenvalue weighted by molar-refractivity contribution is 0.415. The Morgan fingerprint density at radius 1 is 1.00 bits per heavy atom. The van der Waals surface area contributed by atoms with Crippen molar-refractivity contribution in [3.8, 4) is 17.0 Å². The molecule has 0 saturated carbocycles. The minimum atomic E-state index is 0.623. The molecule has 1 N–H and O–H groups in total. The number of anilines is 1. The van der Waals surface area contributed by atoms with Crippen molar-refractivity contribution >= 4 is 16.7 Å². The van der Waals surface area contributed by atoms with Crippen LogP contribution in [0.4, 0.5) is 5.95 Å². The van der Waals surface area contributed by atoms with Crippen molar-refractivity contribution in [2.75, 3.05) is 19.5 Å². The molecule has 3 aromatic rings. The van der Waals surface area contributed by atoms with Crippen LogP contribution in [0.5, 0.6) is 5.75 Å². The van der Waals surface area contributed by atoms with Gasteiger partial charge in [-0.3, -0.25) is 0 Å². The van der Waals surface area contributed by atoms with E-state index in [9.17, 15) is 0 Å². The predicted octanol–water partition coefficient (Wildman–Crippen LogP) is 3.35. The van der Waals surface area contributed by atoms with Crippen molar-refractivity contribution in [3.05, 3.63) is 48.7 Å². The number of nitrogens with zero attached hydrogens (tertiary/aromatic N) is 2. The van der Waals surface area contributed by atoms with Gasteiger partial charge >= 0.3 is 0 Å². The molecule has 0 aliphatic heterocycles. The SMILES string of the molecule is CNc1nccc(-c2ccc3cc(OC)ccc3c2)n1. The fourth-order valence-electron chi connectivity index (χ4n) is 2.15. The number of hydrogen-bond donors (Lipinski definition) is 1. The molecule has 1 aromatic heterocycles. The molecule has 0 bridgehead atoms. The molecule has 0 atom stereocenters. The van der Waals surface area contributed by atoms with Gasteiger partial charge in [-0.15, -0.1) is 0 Å². The molecule has 0 radical (unpaired) electrons. The summed E-state index contributed by atoms with van der Waals surface area (Å²) in [5.41, 5.74) is 1.98. The van der Waals surface area contributed by atoms with Crippen molar-refractivity contribution < 1.29 is 4.74 Å². The van der Waals surface area contributed by atoms with Crippen LogP contribution in [-0.2, 0) is 0 Å². The number of ether oxygens (including phenoxy) is 1. The highest BCUT2D eigenvalue weighted by atomic mass is 16.5. The molecular weight excluding hydrogens is 250 g/mol. The first-order valence-electron chi connectivity index (χ1n) is 6.39. The van der Waals surface area contributed by atoms with Crippen LogP contribution in [0.2, 0.25) is 0 Å². The highest BCUT2D eigenvalue weighted by Crippen LogP contribution is 2.26. The summed E-state index contributed by atoms with van der Waals surface area (Å²) in [6.45, 7) is 0. The number of hydrogen-bond acceptors (Lipinski definition) is 4. The van der Waals surface area contributed by atoms with Crippen LogP contribution in [0.25, 0.3) is 22.0 Å². The lowest BCUT2D eigenvalue weighted by atomic mass is 10.0. The van der Waals surface area contributed by atoms with E-state index in [1.54, 1.807) is 13.3 Å². The number of aromatic nitrogens is 2. The number of nitrogens with one attached hydrogen (secondary N) is 1. The van der Waals surface area contributed by atoms with Gasteiger partial charge in [0, 0.05) is 18.8 Å². The molecule has 0 aliphatic rings.